The number of amides is 2. The summed E-state index contributed by atoms with van der Waals surface area (Å²) >= 11 is 0. The molecule has 0 radical (unpaired) electrons. The predicted molar refractivity (Wildman–Crippen MR) is 75.9 cm³/mol. The summed E-state index contributed by atoms with van der Waals surface area (Å²) in [6.07, 6.45) is 1.44. The first-order chi connectivity index (χ1) is 9.99. The molecule has 5 N–H and O–H groups in total. The van der Waals surface area contributed by atoms with Crippen molar-refractivity contribution >= 4 is 11.8 Å². The van der Waals surface area contributed by atoms with Crippen molar-refractivity contribution < 1.29 is 19.8 Å². The fraction of sp³-hybridized carbons (Fsp3) is 0.429. The third kappa shape index (κ3) is 3.63. The van der Waals surface area contributed by atoms with Gasteiger partial charge in [-0.25, -0.2) is 0 Å². The highest BCUT2D eigenvalue weighted by molar-refractivity contribution is 5.99. The molecule has 2 rings (SSSR count). The first-order valence-electron chi connectivity index (χ1n) is 6.81. The van der Waals surface area contributed by atoms with Crippen LogP contribution in [0.1, 0.15) is 23.2 Å². The van der Waals surface area contributed by atoms with E-state index in [1.807, 2.05) is 0 Å². The molecular formula is C14H19N3O4. The topological polar surface area (TPSA) is 116 Å². The van der Waals surface area contributed by atoms with Gasteiger partial charge in [-0.05, 0) is 38.1 Å². The summed E-state index contributed by atoms with van der Waals surface area (Å²) in [6, 6.07) is 3.65. The van der Waals surface area contributed by atoms with E-state index in [0.29, 0.717) is 0 Å². The van der Waals surface area contributed by atoms with Crippen LogP contribution in [-0.4, -0.2) is 52.6 Å². The van der Waals surface area contributed by atoms with Crippen molar-refractivity contribution in [3.05, 3.63) is 23.8 Å². The number of rotatable bonds is 4. The van der Waals surface area contributed by atoms with Crippen LogP contribution in [0.2, 0.25) is 0 Å². The molecule has 1 aromatic rings. The lowest BCUT2D eigenvalue weighted by Crippen LogP contribution is -2.49. The molecule has 2 amide bonds. The highest BCUT2D eigenvalue weighted by Gasteiger charge is 2.28. The minimum absolute atomic E-state index is 0.0487. The number of hydrogen-bond donors (Lipinski definition) is 4. The Morgan fingerprint density at radius 2 is 1.95 bits per heavy atom. The third-order valence-electron chi connectivity index (χ3n) is 3.55. The van der Waals surface area contributed by atoms with Gasteiger partial charge in [0, 0.05) is 12.1 Å². The van der Waals surface area contributed by atoms with Crippen LogP contribution in [-0.2, 0) is 4.79 Å². The summed E-state index contributed by atoms with van der Waals surface area (Å²) in [5.41, 5.74) is 5.28. The number of aromatic hydroxyl groups is 2. The van der Waals surface area contributed by atoms with Gasteiger partial charge in [-0.1, -0.05) is 0 Å². The molecule has 0 unspecified atom stereocenters. The number of nitrogens with two attached hydrogens (primary N) is 1. The number of primary amides is 1. The lowest BCUT2D eigenvalue weighted by molar-refractivity contribution is -0.119. The number of benzene rings is 1. The van der Waals surface area contributed by atoms with Crippen molar-refractivity contribution in [1.29, 1.82) is 0 Å². The number of carbonyl (C=O) groups is 2. The van der Waals surface area contributed by atoms with Crippen LogP contribution < -0.4 is 11.1 Å². The Balaban J connectivity index is 2.26. The van der Waals surface area contributed by atoms with Crippen molar-refractivity contribution in [2.75, 3.05) is 19.6 Å². The van der Waals surface area contributed by atoms with Gasteiger partial charge in [0.15, 0.2) is 0 Å². The molecular weight excluding hydrogens is 274 g/mol. The molecule has 0 aliphatic carbocycles. The Morgan fingerprint density at radius 3 is 2.52 bits per heavy atom. The van der Waals surface area contributed by atoms with Crippen LogP contribution in [0.3, 0.4) is 0 Å². The smallest absolute Gasteiger partial charge is 0.258 e. The maximum Gasteiger partial charge on any atom is 0.258 e. The van der Waals surface area contributed by atoms with E-state index in [2.05, 4.69) is 5.32 Å². The SMILES string of the molecule is NC(=O)CN(C(=O)c1ccc(O)cc1O)C1CCNCC1. The maximum absolute atomic E-state index is 12.6. The van der Waals surface area contributed by atoms with Crippen LogP contribution in [0.15, 0.2) is 18.2 Å². The molecule has 21 heavy (non-hydrogen) atoms. The van der Waals surface area contributed by atoms with E-state index in [-0.39, 0.29) is 29.6 Å². The molecule has 1 heterocycles. The van der Waals surface area contributed by atoms with Crippen LogP contribution in [0, 0.1) is 0 Å². The van der Waals surface area contributed by atoms with Crippen LogP contribution in [0.4, 0.5) is 0 Å². The molecule has 0 aromatic heterocycles. The minimum atomic E-state index is -0.597. The number of nitrogens with zero attached hydrogens (tertiary/aromatic N) is 1. The van der Waals surface area contributed by atoms with Crippen molar-refractivity contribution in [1.82, 2.24) is 10.2 Å². The summed E-state index contributed by atoms with van der Waals surface area (Å²) in [5, 5.41) is 22.3. The standard InChI is InChI=1S/C14H19N3O4/c15-13(20)8-17(9-3-5-16-6-4-9)14(21)11-2-1-10(18)7-12(11)19/h1-2,7,9,16,18-19H,3-6,8H2,(H2,15,20). The van der Waals surface area contributed by atoms with E-state index in [1.54, 1.807) is 0 Å². The average molecular weight is 293 g/mol. The normalized spacial score (nSPS) is 15.6. The number of carbonyl (C=O) groups excluding carboxylic acids is 2. The van der Waals surface area contributed by atoms with Gasteiger partial charge in [0.2, 0.25) is 5.91 Å². The molecule has 1 saturated heterocycles. The van der Waals surface area contributed by atoms with Crippen LogP contribution in [0.25, 0.3) is 0 Å². The largest absolute Gasteiger partial charge is 0.508 e. The van der Waals surface area contributed by atoms with E-state index in [4.69, 9.17) is 5.73 Å². The summed E-state index contributed by atoms with van der Waals surface area (Å²) in [4.78, 5) is 25.2. The van der Waals surface area contributed by atoms with Gasteiger partial charge in [-0.15, -0.1) is 0 Å². The van der Waals surface area contributed by atoms with Gasteiger partial charge in [0.05, 0.1) is 12.1 Å². The van der Waals surface area contributed by atoms with Crippen molar-refractivity contribution in [2.24, 2.45) is 5.73 Å². The zero-order chi connectivity index (χ0) is 15.4. The summed E-state index contributed by atoms with van der Waals surface area (Å²) in [6.45, 7) is 1.33. The van der Waals surface area contributed by atoms with E-state index >= 15 is 0 Å². The molecule has 1 aromatic carbocycles. The van der Waals surface area contributed by atoms with Gasteiger partial charge >= 0.3 is 0 Å². The average Bonchev–Trinajstić information content (AvgIpc) is 2.45. The second-order valence-corrected chi connectivity index (χ2v) is 5.08. The van der Waals surface area contributed by atoms with Crippen LogP contribution >= 0.6 is 0 Å². The molecule has 0 atom stereocenters. The predicted octanol–water partition coefficient (Wildman–Crippen LogP) is -0.223. The quantitative estimate of drug-likeness (QED) is 0.612. The Kier molecular flexibility index (Phi) is 4.64. The lowest BCUT2D eigenvalue weighted by Gasteiger charge is -2.34. The molecule has 1 aliphatic rings. The molecule has 0 bridgehead atoms. The number of hydrogen-bond acceptors (Lipinski definition) is 5. The van der Waals surface area contributed by atoms with Gasteiger partial charge in [0.1, 0.15) is 11.5 Å². The van der Waals surface area contributed by atoms with E-state index < -0.39 is 11.8 Å². The monoisotopic (exact) mass is 293 g/mol. The van der Waals surface area contributed by atoms with E-state index in [0.717, 1.165) is 32.0 Å². The molecule has 7 heteroatoms. The summed E-state index contributed by atoms with van der Waals surface area (Å²) in [7, 11) is 0. The number of phenolic OH excluding ortho intramolecular Hbond substituents is 2. The highest BCUT2D eigenvalue weighted by Crippen LogP contribution is 2.25. The first kappa shape index (κ1) is 15.1. The fourth-order valence-electron chi connectivity index (χ4n) is 2.51. The zero-order valence-corrected chi connectivity index (χ0v) is 11.6. The van der Waals surface area contributed by atoms with E-state index in [1.165, 1.54) is 17.0 Å². The zero-order valence-electron chi connectivity index (χ0n) is 11.6. The number of nitrogens with one attached hydrogen (secondary N) is 1. The number of phenols is 2. The fourth-order valence-corrected chi connectivity index (χ4v) is 2.51. The molecule has 0 saturated carbocycles. The Hall–Kier alpha value is -2.28. The lowest BCUT2D eigenvalue weighted by atomic mass is 10.0. The number of piperidine rings is 1. The van der Waals surface area contributed by atoms with Crippen molar-refractivity contribution in [3.63, 3.8) is 0 Å². The van der Waals surface area contributed by atoms with Crippen molar-refractivity contribution in [2.45, 2.75) is 18.9 Å². The molecule has 1 fully saturated rings. The van der Waals surface area contributed by atoms with E-state index in [9.17, 15) is 19.8 Å². The highest BCUT2D eigenvalue weighted by atomic mass is 16.3. The Bertz CT molecular complexity index is 541. The Morgan fingerprint density at radius 1 is 1.29 bits per heavy atom. The summed E-state index contributed by atoms with van der Waals surface area (Å²) < 4.78 is 0. The van der Waals surface area contributed by atoms with Gasteiger partial charge in [-0.3, -0.25) is 9.59 Å². The second-order valence-electron chi connectivity index (χ2n) is 5.08. The molecule has 1 aliphatic heterocycles. The molecule has 7 nitrogen and oxygen atoms in total. The third-order valence-corrected chi connectivity index (χ3v) is 3.55. The second kappa shape index (κ2) is 6.45. The van der Waals surface area contributed by atoms with Gasteiger partial charge < -0.3 is 26.2 Å². The van der Waals surface area contributed by atoms with Gasteiger partial charge in [0.25, 0.3) is 5.91 Å². The molecule has 114 valence electrons. The Labute approximate surface area is 122 Å². The minimum Gasteiger partial charge on any atom is -0.508 e. The van der Waals surface area contributed by atoms with Crippen LogP contribution in [0.5, 0.6) is 11.5 Å². The van der Waals surface area contributed by atoms with Gasteiger partial charge in [-0.2, -0.15) is 0 Å². The summed E-state index contributed by atoms with van der Waals surface area (Å²) in [5.74, 6) is -1.51. The maximum atomic E-state index is 12.6. The molecule has 0 spiro atoms. The first-order valence-corrected chi connectivity index (χ1v) is 6.81. The van der Waals surface area contributed by atoms with Crippen molar-refractivity contribution in [3.8, 4) is 11.5 Å².